The van der Waals surface area contributed by atoms with E-state index in [1.807, 2.05) is 0 Å². The molecule has 1 aliphatic heterocycles. The number of halogens is 3. The molecule has 1 atom stereocenters. The third kappa shape index (κ3) is 5.52. The average Bonchev–Trinajstić information content (AvgIpc) is 3.08. The van der Waals surface area contributed by atoms with E-state index in [2.05, 4.69) is 15.0 Å². The minimum atomic E-state index is -4.79. The van der Waals surface area contributed by atoms with Gasteiger partial charge in [-0.05, 0) is 36.1 Å². The largest absolute Gasteiger partial charge is 0.573 e. The van der Waals surface area contributed by atoms with Crippen molar-refractivity contribution in [2.75, 3.05) is 13.2 Å². The number of imidazole rings is 1. The number of carbonyl (C=O) groups excluding carboxylic acids is 1. The molecule has 0 saturated carbocycles. The molecule has 3 rings (SSSR count). The molecule has 1 N–H and O–H groups in total. The fourth-order valence-corrected chi connectivity index (χ4v) is 2.69. The minimum absolute atomic E-state index is 0.0992. The average molecular weight is 430 g/mol. The maximum absolute atomic E-state index is 12.1. The molecular weight excluding hydrogens is 413 g/mol. The highest BCUT2D eigenvalue weighted by atomic mass is 19.4. The molecule has 0 aliphatic carbocycles. The van der Waals surface area contributed by atoms with Crippen molar-refractivity contribution in [3.8, 4) is 17.5 Å². The van der Waals surface area contributed by atoms with E-state index >= 15 is 0 Å². The number of alkyl halides is 3. The molecular formula is C17H17F3N4O6. The number of carbonyl (C=O) groups is 1. The molecule has 2 aromatic rings. The third-order valence-corrected chi connectivity index (χ3v) is 4.22. The summed E-state index contributed by atoms with van der Waals surface area (Å²) in [6.45, 7) is 1.91. The zero-order chi connectivity index (χ0) is 21.9. The van der Waals surface area contributed by atoms with Crippen LogP contribution in [-0.2, 0) is 11.3 Å². The van der Waals surface area contributed by atoms with Crippen molar-refractivity contribution in [3.63, 3.8) is 0 Å². The van der Waals surface area contributed by atoms with E-state index in [0.29, 0.717) is 13.0 Å². The van der Waals surface area contributed by atoms with E-state index in [1.54, 1.807) is 6.92 Å². The van der Waals surface area contributed by atoms with Crippen LogP contribution in [0.15, 0.2) is 30.5 Å². The zero-order valence-electron chi connectivity index (χ0n) is 15.6. The van der Waals surface area contributed by atoms with E-state index < -0.39 is 28.5 Å². The molecule has 30 heavy (non-hydrogen) atoms. The van der Waals surface area contributed by atoms with Gasteiger partial charge in [0, 0.05) is 17.9 Å². The maximum Gasteiger partial charge on any atom is 0.573 e. The van der Waals surface area contributed by atoms with Crippen molar-refractivity contribution in [2.45, 2.75) is 31.9 Å². The van der Waals surface area contributed by atoms with Crippen molar-refractivity contribution < 1.29 is 37.1 Å². The molecule has 162 valence electrons. The minimum Gasteiger partial charge on any atom is -0.484 e. The van der Waals surface area contributed by atoms with Crippen LogP contribution < -0.4 is 19.5 Å². The molecule has 10 nitrogen and oxygen atoms in total. The first-order chi connectivity index (χ1) is 14.0. The summed E-state index contributed by atoms with van der Waals surface area (Å²) < 4.78 is 52.6. The van der Waals surface area contributed by atoms with E-state index in [-0.39, 0.29) is 30.7 Å². The SMILES string of the molecule is CC1(CNC(=O)COc2ccc(OC(F)(F)F)cc2)CCn2cc([N+](=O)[O-])nc2O1. The topological polar surface area (TPSA) is 118 Å². The van der Waals surface area contributed by atoms with Crippen LogP contribution in [0.1, 0.15) is 13.3 Å². The predicted molar refractivity (Wildman–Crippen MR) is 94.2 cm³/mol. The van der Waals surface area contributed by atoms with Crippen molar-refractivity contribution in [3.05, 3.63) is 40.6 Å². The van der Waals surface area contributed by atoms with Gasteiger partial charge < -0.3 is 29.6 Å². The summed E-state index contributed by atoms with van der Waals surface area (Å²) >= 11 is 0. The number of amides is 1. The standard InChI is InChI=1S/C17H17F3N4O6/c1-16(6-7-23-8-13(24(26)27)22-15(23)30-16)10-21-14(25)9-28-11-2-4-12(5-3-11)29-17(18,19)20/h2-5,8H,6-7,9-10H2,1H3,(H,21,25). The maximum atomic E-state index is 12.1. The molecule has 0 spiro atoms. The smallest absolute Gasteiger partial charge is 0.484 e. The molecule has 13 heteroatoms. The van der Waals surface area contributed by atoms with Gasteiger partial charge in [-0.3, -0.25) is 9.36 Å². The number of hydrogen-bond donors (Lipinski definition) is 1. The Bertz CT molecular complexity index is 931. The molecule has 0 saturated heterocycles. The molecule has 1 unspecified atom stereocenters. The number of rotatable bonds is 7. The van der Waals surface area contributed by atoms with E-state index in [4.69, 9.17) is 9.47 Å². The molecule has 2 heterocycles. The van der Waals surface area contributed by atoms with Crippen LogP contribution in [0.2, 0.25) is 0 Å². The summed E-state index contributed by atoms with van der Waals surface area (Å²) in [7, 11) is 0. The van der Waals surface area contributed by atoms with Crippen molar-refractivity contribution in [1.82, 2.24) is 14.9 Å². The van der Waals surface area contributed by atoms with E-state index in [0.717, 1.165) is 12.1 Å². The quantitative estimate of drug-likeness (QED) is 0.529. The first kappa shape index (κ1) is 21.2. The lowest BCUT2D eigenvalue weighted by Crippen LogP contribution is -2.49. The third-order valence-electron chi connectivity index (χ3n) is 4.22. The van der Waals surface area contributed by atoms with E-state index in [1.165, 1.54) is 22.9 Å². The first-order valence-corrected chi connectivity index (χ1v) is 8.69. The Hall–Kier alpha value is -3.51. The Morgan fingerprint density at radius 3 is 2.67 bits per heavy atom. The number of nitrogens with one attached hydrogen (secondary N) is 1. The number of benzene rings is 1. The Balaban J connectivity index is 1.47. The fourth-order valence-electron chi connectivity index (χ4n) is 2.69. The molecule has 0 fully saturated rings. The predicted octanol–water partition coefficient (Wildman–Crippen LogP) is 2.43. The van der Waals surface area contributed by atoms with Gasteiger partial charge in [-0.1, -0.05) is 0 Å². The van der Waals surface area contributed by atoms with Gasteiger partial charge >= 0.3 is 18.2 Å². The second-order valence-corrected chi connectivity index (χ2v) is 6.72. The van der Waals surface area contributed by atoms with Crippen molar-refractivity contribution in [2.24, 2.45) is 0 Å². The summed E-state index contributed by atoms with van der Waals surface area (Å²) in [5, 5.41) is 13.4. The highest BCUT2D eigenvalue weighted by molar-refractivity contribution is 5.77. The van der Waals surface area contributed by atoms with Crippen molar-refractivity contribution >= 4 is 11.7 Å². The van der Waals surface area contributed by atoms with Gasteiger partial charge in [-0.25, -0.2) is 0 Å². The molecule has 1 amide bonds. The normalized spacial score (nSPS) is 18.1. The van der Waals surface area contributed by atoms with Crippen LogP contribution >= 0.6 is 0 Å². The van der Waals surface area contributed by atoms with Gasteiger partial charge in [0.1, 0.15) is 23.3 Å². The second-order valence-electron chi connectivity index (χ2n) is 6.72. The lowest BCUT2D eigenvalue weighted by molar-refractivity contribution is -0.389. The van der Waals surface area contributed by atoms with E-state index in [9.17, 15) is 28.1 Å². The van der Waals surface area contributed by atoms with Crippen molar-refractivity contribution in [1.29, 1.82) is 0 Å². The number of nitro groups is 1. The van der Waals surface area contributed by atoms with Gasteiger partial charge in [0.25, 0.3) is 5.91 Å². The lowest BCUT2D eigenvalue weighted by Gasteiger charge is -2.32. The summed E-state index contributed by atoms with van der Waals surface area (Å²) in [6.07, 6.45) is -3.02. The molecule has 1 aromatic carbocycles. The van der Waals surface area contributed by atoms with Crippen LogP contribution in [0.5, 0.6) is 17.5 Å². The molecule has 1 aliphatic rings. The summed E-state index contributed by atoms with van der Waals surface area (Å²) in [5.41, 5.74) is -0.818. The van der Waals surface area contributed by atoms with Gasteiger partial charge in [-0.2, -0.15) is 0 Å². The molecule has 0 bridgehead atoms. The number of hydrogen-bond acceptors (Lipinski definition) is 7. The highest BCUT2D eigenvalue weighted by Crippen LogP contribution is 2.29. The zero-order valence-corrected chi connectivity index (χ0v) is 15.6. The Labute approximate surface area is 167 Å². The molecule has 1 aromatic heterocycles. The number of aryl methyl sites for hydroxylation is 1. The Morgan fingerprint density at radius 1 is 1.37 bits per heavy atom. The van der Waals surface area contributed by atoms with Crippen LogP contribution in [-0.4, -0.2) is 45.5 Å². The van der Waals surface area contributed by atoms with Gasteiger partial charge in [0.05, 0.1) is 6.54 Å². The van der Waals surface area contributed by atoms with Gasteiger partial charge in [0.15, 0.2) is 6.61 Å². The summed E-state index contributed by atoms with van der Waals surface area (Å²) in [5.74, 6) is -1.01. The fraction of sp³-hybridized carbons (Fsp3) is 0.412. The number of nitrogens with zero attached hydrogens (tertiary/aromatic N) is 3. The van der Waals surface area contributed by atoms with Crippen LogP contribution in [0.3, 0.4) is 0 Å². The Kier molecular flexibility index (Phi) is 5.71. The monoisotopic (exact) mass is 430 g/mol. The Morgan fingerprint density at radius 2 is 2.03 bits per heavy atom. The second kappa shape index (κ2) is 8.08. The van der Waals surface area contributed by atoms with Crippen LogP contribution in [0.4, 0.5) is 19.0 Å². The lowest BCUT2D eigenvalue weighted by atomic mass is 10.0. The molecule has 0 radical (unpaired) electrons. The number of fused-ring (bicyclic) bond motifs is 1. The first-order valence-electron chi connectivity index (χ1n) is 8.69. The van der Waals surface area contributed by atoms with Gasteiger partial charge in [0.2, 0.25) is 0 Å². The number of ether oxygens (including phenoxy) is 3. The van der Waals surface area contributed by atoms with Crippen LogP contribution in [0, 0.1) is 10.1 Å². The summed E-state index contributed by atoms with van der Waals surface area (Å²) in [6, 6.07) is 4.72. The summed E-state index contributed by atoms with van der Waals surface area (Å²) in [4.78, 5) is 26.0. The highest BCUT2D eigenvalue weighted by Gasteiger charge is 2.37. The van der Waals surface area contributed by atoms with Crippen LogP contribution in [0.25, 0.3) is 0 Å². The van der Waals surface area contributed by atoms with Gasteiger partial charge in [-0.15, -0.1) is 13.2 Å². The number of aromatic nitrogens is 2.